The van der Waals surface area contributed by atoms with Crippen LogP contribution in [0.15, 0.2) is 224 Å². The maximum absolute atomic E-state index is 5.67. The van der Waals surface area contributed by atoms with Gasteiger partial charge in [-0.15, -0.1) is 0 Å². The minimum Gasteiger partial charge on any atom is -0.248 e. The van der Waals surface area contributed by atoms with Crippen LogP contribution in [-0.4, -0.2) is 24.9 Å². The Morgan fingerprint density at radius 2 is 0.561 bits per heavy atom. The summed E-state index contributed by atoms with van der Waals surface area (Å²) in [5.41, 5.74) is 14.4. The molecule has 0 amide bonds. The third kappa shape index (κ3) is 6.70. The van der Waals surface area contributed by atoms with Gasteiger partial charge in [-0.05, 0) is 123 Å². The Bertz CT molecular complexity index is 3790. The molecule has 0 N–H and O–H groups in total. The Labute approximate surface area is 380 Å². The van der Waals surface area contributed by atoms with Gasteiger partial charge in [-0.1, -0.05) is 146 Å². The summed E-state index contributed by atoms with van der Waals surface area (Å²) in [6, 6.07) is 78.6. The molecule has 0 saturated carbocycles. The van der Waals surface area contributed by atoms with Gasteiger partial charge in [-0.2, -0.15) is 0 Å². The Kier molecular flexibility index (Phi) is 8.78. The second-order valence-electron chi connectivity index (χ2n) is 16.9. The lowest BCUT2D eigenvalue weighted by Crippen LogP contribution is -2.01. The fraction of sp³-hybridized carbons (Fsp3) is 0. The van der Waals surface area contributed by atoms with Gasteiger partial charge in [-0.25, -0.2) is 24.9 Å². The third-order valence-electron chi connectivity index (χ3n) is 12.8. The monoisotopic (exact) mass is 839 g/mol. The van der Waals surface area contributed by atoms with E-state index in [1.807, 2.05) is 12.1 Å². The van der Waals surface area contributed by atoms with Gasteiger partial charge >= 0.3 is 0 Å². The van der Waals surface area contributed by atoms with E-state index in [0.29, 0.717) is 11.4 Å². The highest BCUT2D eigenvalue weighted by Crippen LogP contribution is 2.41. The van der Waals surface area contributed by atoms with Gasteiger partial charge in [0.2, 0.25) is 0 Å². The van der Waals surface area contributed by atoms with E-state index in [1.54, 1.807) is 0 Å². The Balaban J connectivity index is 1.05. The quantitative estimate of drug-likeness (QED) is 0.156. The highest BCUT2D eigenvalue weighted by Gasteiger charge is 2.22. The summed E-state index contributed by atoms with van der Waals surface area (Å²) in [4.78, 5) is 27.1. The molecule has 0 spiro atoms. The van der Waals surface area contributed by atoms with E-state index in [9.17, 15) is 0 Å². The number of benzene rings is 8. The standard InChI is InChI=1S/C61H37N5/c1-3-11-38(12-4-1)44-19-25-52-46(33-44)21-27-54(62-52)50-37-51(55-28-22-47-34-45(20-26-53(47)63-55)39-13-5-2-6-14-39)61(57-30-24-49-32-41-16-8-10-18-43(41)36-59(49)65-57)66-60(50)56-29-23-48-31-40-15-7-9-17-42(40)35-58(48)64-56/h1-37H. The zero-order chi connectivity index (χ0) is 43.6. The topological polar surface area (TPSA) is 64.5 Å². The fourth-order valence-electron chi connectivity index (χ4n) is 9.35. The van der Waals surface area contributed by atoms with Crippen molar-refractivity contribution in [1.82, 2.24) is 24.9 Å². The van der Waals surface area contributed by atoms with Gasteiger partial charge in [0.05, 0.1) is 56.2 Å². The molecular formula is C61H37N5. The van der Waals surface area contributed by atoms with Gasteiger partial charge in [0.25, 0.3) is 0 Å². The van der Waals surface area contributed by atoms with Crippen LogP contribution in [-0.2, 0) is 0 Å². The molecule has 5 heteroatoms. The number of aromatic nitrogens is 5. The summed E-state index contributed by atoms with van der Waals surface area (Å²) in [7, 11) is 0. The Morgan fingerprint density at radius 3 is 1.00 bits per heavy atom. The van der Waals surface area contributed by atoms with Crippen LogP contribution >= 0.6 is 0 Å². The first-order valence-electron chi connectivity index (χ1n) is 22.2. The summed E-state index contributed by atoms with van der Waals surface area (Å²) >= 11 is 0. The first kappa shape index (κ1) is 37.6. The number of nitrogens with zero attached hydrogens (tertiary/aromatic N) is 5. The largest absolute Gasteiger partial charge is 0.248 e. The van der Waals surface area contributed by atoms with Crippen molar-refractivity contribution in [1.29, 1.82) is 0 Å². The van der Waals surface area contributed by atoms with Crippen molar-refractivity contribution in [3.63, 3.8) is 0 Å². The molecule has 0 saturated heterocycles. The highest BCUT2D eigenvalue weighted by atomic mass is 14.9. The van der Waals surface area contributed by atoms with Crippen LogP contribution in [0.2, 0.25) is 0 Å². The first-order valence-corrected chi connectivity index (χ1v) is 22.2. The molecule has 5 aromatic heterocycles. The molecule has 0 radical (unpaired) electrons. The minimum atomic E-state index is 0.713. The van der Waals surface area contributed by atoms with Crippen LogP contribution in [0.5, 0.6) is 0 Å². The third-order valence-corrected chi connectivity index (χ3v) is 12.8. The summed E-state index contributed by atoms with van der Waals surface area (Å²) < 4.78 is 0. The van der Waals surface area contributed by atoms with Gasteiger partial charge < -0.3 is 0 Å². The van der Waals surface area contributed by atoms with E-state index >= 15 is 0 Å². The number of fused-ring (bicyclic) bond motifs is 6. The lowest BCUT2D eigenvalue weighted by Gasteiger charge is -2.17. The first-order chi connectivity index (χ1) is 32.6. The SMILES string of the molecule is c1ccc(-c2ccc3nc(-c4cc(-c5ccc6cc(-c7ccccc7)ccc6n5)c(-c5ccc6cc7ccccc7cc6n5)nc4-c4ccc5cc6ccccc6cc5n4)ccc3c2)cc1. The van der Waals surface area contributed by atoms with Crippen LogP contribution in [0.25, 0.3) is 133 Å². The van der Waals surface area contributed by atoms with E-state index in [0.717, 1.165) is 99.4 Å². The van der Waals surface area contributed by atoms with Crippen LogP contribution in [0, 0.1) is 0 Å². The van der Waals surface area contributed by atoms with Crippen molar-refractivity contribution >= 4 is 65.2 Å². The molecular weight excluding hydrogens is 803 g/mol. The Hall–Kier alpha value is -8.93. The van der Waals surface area contributed by atoms with E-state index in [2.05, 4.69) is 212 Å². The van der Waals surface area contributed by atoms with E-state index in [4.69, 9.17) is 24.9 Å². The maximum atomic E-state index is 5.67. The van der Waals surface area contributed by atoms with Crippen molar-refractivity contribution in [2.24, 2.45) is 0 Å². The van der Waals surface area contributed by atoms with Crippen LogP contribution < -0.4 is 0 Å². The number of pyridine rings is 5. The number of hydrogen-bond acceptors (Lipinski definition) is 5. The average molecular weight is 840 g/mol. The van der Waals surface area contributed by atoms with Gasteiger partial charge in [-0.3, -0.25) is 0 Å². The molecule has 13 rings (SSSR count). The predicted octanol–water partition coefficient (Wildman–Crippen LogP) is 15.6. The highest BCUT2D eigenvalue weighted by molar-refractivity contribution is 6.00. The summed E-state index contributed by atoms with van der Waals surface area (Å²) in [5, 5.41) is 8.86. The molecule has 13 aromatic rings. The van der Waals surface area contributed by atoms with Crippen LogP contribution in [0.3, 0.4) is 0 Å². The maximum Gasteiger partial charge on any atom is 0.0989 e. The van der Waals surface area contributed by atoms with Gasteiger partial charge in [0, 0.05) is 32.7 Å². The summed E-state index contributed by atoms with van der Waals surface area (Å²) in [6.45, 7) is 0. The lowest BCUT2D eigenvalue weighted by molar-refractivity contribution is 1.23. The van der Waals surface area contributed by atoms with Crippen molar-refractivity contribution in [3.8, 4) is 67.5 Å². The number of hydrogen-bond donors (Lipinski definition) is 0. The molecule has 0 aliphatic carbocycles. The number of rotatable bonds is 6. The minimum absolute atomic E-state index is 0.713. The van der Waals surface area contributed by atoms with Crippen LogP contribution in [0.1, 0.15) is 0 Å². The normalized spacial score (nSPS) is 11.6. The Morgan fingerprint density at radius 1 is 0.197 bits per heavy atom. The average Bonchev–Trinajstić information content (AvgIpc) is 3.39. The zero-order valence-corrected chi connectivity index (χ0v) is 35.6. The summed E-state index contributed by atoms with van der Waals surface area (Å²) in [5.74, 6) is 0. The van der Waals surface area contributed by atoms with Crippen LogP contribution in [0.4, 0.5) is 0 Å². The van der Waals surface area contributed by atoms with E-state index in [1.165, 1.54) is 21.9 Å². The molecule has 0 unspecified atom stereocenters. The van der Waals surface area contributed by atoms with Crippen molar-refractivity contribution in [2.75, 3.05) is 0 Å². The molecule has 306 valence electrons. The molecule has 0 aliphatic heterocycles. The zero-order valence-electron chi connectivity index (χ0n) is 35.6. The second-order valence-corrected chi connectivity index (χ2v) is 16.9. The lowest BCUT2D eigenvalue weighted by atomic mass is 9.96. The van der Waals surface area contributed by atoms with E-state index < -0.39 is 0 Å². The molecule has 0 fully saturated rings. The van der Waals surface area contributed by atoms with Crippen molar-refractivity contribution in [3.05, 3.63) is 224 Å². The molecule has 5 nitrogen and oxygen atoms in total. The molecule has 0 atom stereocenters. The van der Waals surface area contributed by atoms with Crippen molar-refractivity contribution in [2.45, 2.75) is 0 Å². The fourth-order valence-corrected chi connectivity index (χ4v) is 9.35. The second kappa shape index (κ2) is 15.4. The van der Waals surface area contributed by atoms with E-state index in [-0.39, 0.29) is 0 Å². The molecule has 66 heavy (non-hydrogen) atoms. The van der Waals surface area contributed by atoms with Gasteiger partial charge in [0.1, 0.15) is 0 Å². The predicted molar refractivity (Wildman–Crippen MR) is 273 cm³/mol. The molecule has 5 heterocycles. The molecule has 8 aromatic carbocycles. The van der Waals surface area contributed by atoms with Crippen molar-refractivity contribution < 1.29 is 0 Å². The smallest absolute Gasteiger partial charge is 0.0989 e. The van der Waals surface area contributed by atoms with Gasteiger partial charge in [0.15, 0.2) is 0 Å². The molecule has 0 aliphatic rings. The molecule has 0 bridgehead atoms. The summed E-state index contributed by atoms with van der Waals surface area (Å²) in [6.07, 6.45) is 0.